The molecule has 0 fully saturated rings. The van der Waals surface area contributed by atoms with Gasteiger partial charge in [-0.15, -0.1) is 0 Å². The minimum absolute atomic E-state index is 0.00815. The summed E-state index contributed by atoms with van der Waals surface area (Å²) in [7, 11) is -2.20. The van der Waals surface area contributed by atoms with Gasteiger partial charge in [0.25, 0.3) is 0 Å². The van der Waals surface area contributed by atoms with Crippen molar-refractivity contribution in [3.05, 3.63) is 58.3 Å². The van der Waals surface area contributed by atoms with Crippen LogP contribution in [0.15, 0.2) is 47.5 Å². The molecule has 4 nitrogen and oxygen atoms in total. The first-order valence-corrected chi connectivity index (χ1v) is 7.92. The number of hydrogen-bond donors (Lipinski definition) is 0. The SMILES string of the molecule is CN(Cc1cccc(Cl)c1)S(=O)(=O)c1cccnc1Cl. The number of aromatic nitrogens is 1. The summed E-state index contributed by atoms with van der Waals surface area (Å²) in [5.41, 5.74) is 0.795. The Labute approximate surface area is 128 Å². The third kappa shape index (κ3) is 3.30. The number of rotatable bonds is 4. The number of nitrogens with zero attached hydrogens (tertiary/aromatic N) is 2. The first-order chi connectivity index (χ1) is 9.41. The molecular weight excluding hydrogens is 319 g/mol. The van der Waals surface area contributed by atoms with Crippen molar-refractivity contribution in [1.82, 2.24) is 9.29 Å². The lowest BCUT2D eigenvalue weighted by Gasteiger charge is -2.17. The van der Waals surface area contributed by atoms with Crippen LogP contribution in [0.2, 0.25) is 10.2 Å². The van der Waals surface area contributed by atoms with E-state index in [1.807, 2.05) is 6.07 Å². The van der Waals surface area contributed by atoms with Gasteiger partial charge < -0.3 is 0 Å². The molecule has 20 heavy (non-hydrogen) atoms. The molecule has 0 radical (unpaired) electrons. The Balaban J connectivity index is 2.29. The highest BCUT2D eigenvalue weighted by Crippen LogP contribution is 2.23. The van der Waals surface area contributed by atoms with Crippen LogP contribution in [0, 0.1) is 0 Å². The Morgan fingerprint density at radius 3 is 2.60 bits per heavy atom. The predicted octanol–water partition coefficient (Wildman–Crippen LogP) is 3.21. The number of pyridine rings is 1. The molecule has 7 heteroatoms. The summed E-state index contributed by atoms with van der Waals surface area (Å²) in [5.74, 6) is 0. The van der Waals surface area contributed by atoms with Crippen LogP contribution >= 0.6 is 23.2 Å². The molecular formula is C13H12Cl2N2O2S. The van der Waals surface area contributed by atoms with Crippen molar-refractivity contribution in [2.45, 2.75) is 11.4 Å². The molecule has 0 spiro atoms. The van der Waals surface area contributed by atoms with E-state index in [-0.39, 0.29) is 16.6 Å². The van der Waals surface area contributed by atoms with E-state index >= 15 is 0 Å². The molecule has 0 saturated heterocycles. The lowest BCUT2D eigenvalue weighted by Crippen LogP contribution is -2.26. The maximum Gasteiger partial charge on any atom is 0.246 e. The summed E-state index contributed by atoms with van der Waals surface area (Å²) in [4.78, 5) is 3.78. The molecule has 0 saturated carbocycles. The van der Waals surface area contributed by atoms with Crippen molar-refractivity contribution < 1.29 is 8.42 Å². The smallest absolute Gasteiger partial charge is 0.243 e. The molecule has 0 atom stereocenters. The van der Waals surface area contributed by atoms with Crippen LogP contribution in [0.1, 0.15) is 5.56 Å². The minimum Gasteiger partial charge on any atom is -0.243 e. The molecule has 2 aromatic rings. The van der Waals surface area contributed by atoms with Crippen molar-refractivity contribution in [2.75, 3.05) is 7.05 Å². The van der Waals surface area contributed by atoms with E-state index in [1.54, 1.807) is 18.2 Å². The van der Waals surface area contributed by atoms with Crippen molar-refractivity contribution in [3.8, 4) is 0 Å². The van der Waals surface area contributed by atoms with Gasteiger partial charge in [-0.3, -0.25) is 0 Å². The zero-order valence-electron chi connectivity index (χ0n) is 10.6. The number of hydrogen-bond acceptors (Lipinski definition) is 3. The van der Waals surface area contributed by atoms with Gasteiger partial charge >= 0.3 is 0 Å². The molecule has 1 heterocycles. The fourth-order valence-corrected chi connectivity index (χ4v) is 3.50. The first-order valence-electron chi connectivity index (χ1n) is 5.72. The van der Waals surface area contributed by atoms with Crippen LogP contribution in [0.3, 0.4) is 0 Å². The third-order valence-corrected chi connectivity index (χ3v) is 5.19. The van der Waals surface area contributed by atoms with E-state index in [1.165, 1.54) is 29.7 Å². The van der Waals surface area contributed by atoms with E-state index < -0.39 is 10.0 Å². The summed E-state index contributed by atoms with van der Waals surface area (Å²) in [6.45, 7) is 0.202. The fraction of sp³-hybridized carbons (Fsp3) is 0.154. The largest absolute Gasteiger partial charge is 0.246 e. The van der Waals surface area contributed by atoms with Gasteiger partial charge in [0.1, 0.15) is 10.0 Å². The van der Waals surface area contributed by atoms with E-state index in [0.717, 1.165) is 5.56 Å². The zero-order chi connectivity index (χ0) is 14.8. The number of halogens is 2. The predicted molar refractivity (Wildman–Crippen MR) is 79.4 cm³/mol. The standard InChI is InChI=1S/C13H12Cl2N2O2S/c1-17(9-10-4-2-5-11(14)8-10)20(18,19)12-6-3-7-16-13(12)15/h2-8H,9H2,1H3. The lowest BCUT2D eigenvalue weighted by molar-refractivity contribution is 0.466. The normalized spacial score (nSPS) is 11.8. The van der Waals surface area contributed by atoms with E-state index in [9.17, 15) is 8.42 Å². The second kappa shape index (κ2) is 6.10. The van der Waals surface area contributed by atoms with Crippen LogP contribution < -0.4 is 0 Å². The maximum atomic E-state index is 12.4. The van der Waals surface area contributed by atoms with Gasteiger partial charge in [-0.2, -0.15) is 4.31 Å². The Morgan fingerprint density at radius 2 is 1.95 bits per heavy atom. The summed E-state index contributed by atoms with van der Waals surface area (Å²) >= 11 is 11.7. The molecule has 0 N–H and O–H groups in total. The topological polar surface area (TPSA) is 50.3 Å². The zero-order valence-corrected chi connectivity index (χ0v) is 13.0. The highest BCUT2D eigenvalue weighted by atomic mass is 35.5. The van der Waals surface area contributed by atoms with Crippen molar-refractivity contribution in [3.63, 3.8) is 0 Å². The van der Waals surface area contributed by atoms with Gasteiger partial charge in [-0.25, -0.2) is 13.4 Å². The Bertz CT molecular complexity index is 720. The van der Waals surface area contributed by atoms with Crippen LogP contribution in [0.25, 0.3) is 0 Å². The van der Waals surface area contributed by atoms with Gasteiger partial charge in [0, 0.05) is 24.8 Å². The molecule has 0 aliphatic heterocycles. The van der Waals surface area contributed by atoms with E-state index in [0.29, 0.717) is 5.02 Å². The lowest BCUT2D eigenvalue weighted by atomic mass is 10.2. The molecule has 2 rings (SSSR count). The van der Waals surface area contributed by atoms with Crippen LogP contribution in [-0.2, 0) is 16.6 Å². The molecule has 0 unspecified atom stereocenters. The van der Waals surface area contributed by atoms with Crippen LogP contribution in [0.4, 0.5) is 0 Å². The van der Waals surface area contributed by atoms with Crippen LogP contribution in [0.5, 0.6) is 0 Å². The van der Waals surface area contributed by atoms with Gasteiger partial charge in [0.15, 0.2) is 0 Å². The van der Waals surface area contributed by atoms with Gasteiger partial charge in [0.2, 0.25) is 10.0 Å². The fourth-order valence-electron chi connectivity index (χ4n) is 1.71. The quantitative estimate of drug-likeness (QED) is 0.809. The maximum absolute atomic E-state index is 12.4. The van der Waals surface area contributed by atoms with Crippen LogP contribution in [-0.4, -0.2) is 24.8 Å². The highest BCUT2D eigenvalue weighted by Gasteiger charge is 2.24. The monoisotopic (exact) mass is 330 g/mol. The molecule has 0 aliphatic carbocycles. The third-order valence-electron chi connectivity index (χ3n) is 2.71. The Morgan fingerprint density at radius 1 is 1.20 bits per heavy atom. The minimum atomic E-state index is -3.68. The molecule has 0 aliphatic rings. The first kappa shape index (κ1) is 15.3. The molecule has 0 bridgehead atoms. The van der Waals surface area contributed by atoms with Crippen molar-refractivity contribution in [1.29, 1.82) is 0 Å². The average Bonchev–Trinajstić information content (AvgIpc) is 2.39. The summed E-state index contributed by atoms with van der Waals surface area (Å²) in [5, 5.41) is 0.526. The van der Waals surface area contributed by atoms with E-state index in [4.69, 9.17) is 23.2 Å². The van der Waals surface area contributed by atoms with Crippen molar-refractivity contribution >= 4 is 33.2 Å². The van der Waals surface area contributed by atoms with Crippen molar-refractivity contribution in [2.24, 2.45) is 0 Å². The van der Waals surface area contributed by atoms with Gasteiger partial charge in [0.05, 0.1) is 0 Å². The number of sulfonamides is 1. The Hall–Kier alpha value is -1.14. The van der Waals surface area contributed by atoms with Gasteiger partial charge in [-0.1, -0.05) is 35.3 Å². The van der Waals surface area contributed by atoms with E-state index in [2.05, 4.69) is 4.98 Å². The molecule has 1 aromatic carbocycles. The summed E-state index contributed by atoms with van der Waals surface area (Å²) in [6, 6.07) is 10.00. The molecule has 0 amide bonds. The second-order valence-electron chi connectivity index (χ2n) is 4.18. The summed E-state index contributed by atoms with van der Waals surface area (Å²) in [6.07, 6.45) is 1.44. The molecule has 106 valence electrons. The molecule has 1 aromatic heterocycles. The highest BCUT2D eigenvalue weighted by molar-refractivity contribution is 7.89. The number of benzene rings is 1. The van der Waals surface area contributed by atoms with Gasteiger partial charge in [-0.05, 0) is 29.8 Å². The second-order valence-corrected chi connectivity index (χ2v) is 6.99. The summed E-state index contributed by atoms with van der Waals surface area (Å²) < 4.78 is 26.0. The Kier molecular flexibility index (Phi) is 4.65. The average molecular weight is 331 g/mol.